The summed E-state index contributed by atoms with van der Waals surface area (Å²) in [5.41, 5.74) is 3.03. The summed E-state index contributed by atoms with van der Waals surface area (Å²) in [6.45, 7) is 9.73. The summed E-state index contributed by atoms with van der Waals surface area (Å²) in [5, 5.41) is 3.32. The molecule has 0 saturated heterocycles. The average molecular weight is 377 g/mol. The van der Waals surface area contributed by atoms with Gasteiger partial charge in [-0.3, -0.25) is 0 Å². The number of nitrogens with zero attached hydrogens (tertiary/aromatic N) is 3. The summed E-state index contributed by atoms with van der Waals surface area (Å²) in [6, 6.07) is 20.6. The van der Waals surface area contributed by atoms with Gasteiger partial charge in [-0.15, -0.1) is 0 Å². The first kappa shape index (κ1) is 19.7. The zero-order valence-electron chi connectivity index (χ0n) is 17.0. The minimum atomic E-state index is 0.304. The van der Waals surface area contributed by atoms with Crippen molar-refractivity contribution in [2.45, 2.75) is 40.3 Å². The van der Waals surface area contributed by atoms with Crippen LogP contribution in [0.1, 0.15) is 32.0 Å². The molecule has 3 aromatic rings. The van der Waals surface area contributed by atoms with Crippen LogP contribution in [0.5, 0.6) is 5.75 Å². The Bertz CT molecular complexity index is 896. The number of aromatic nitrogens is 2. The molecule has 3 rings (SSSR count). The lowest BCUT2D eigenvalue weighted by Gasteiger charge is -2.28. The molecule has 0 atom stereocenters. The van der Waals surface area contributed by atoms with E-state index in [1.54, 1.807) is 0 Å². The fraction of sp³-hybridized carbons (Fsp3) is 0.304. The Labute approximate surface area is 167 Å². The minimum Gasteiger partial charge on any atom is -0.492 e. The molecule has 0 aliphatic heterocycles. The lowest BCUT2D eigenvalue weighted by molar-refractivity contribution is 0.342. The van der Waals surface area contributed by atoms with Crippen molar-refractivity contribution < 1.29 is 4.74 Å². The van der Waals surface area contributed by atoms with E-state index >= 15 is 0 Å². The quantitative estimate of drug-likeness (QED) is 0.575. The van der Waals surface area contributed by atoms with E-state index in [9.17, 15) is 0 Å². The molecule has 0 unspecified atom stereocenters. The topological polar surface area (TPSA) is 50.3 Å². The summed E-state index contributed by atoms with van der Waals surface area (Å²) in [6.07, 6.45) is 0. The highest BCUT2D eigenvalue weighted by atomic mass is 16.5. The van der Waals surface area contributed by atoms with Gasteiger partial charge in [0.05, 0.1) is 12.3 Å². The lowest BCUT2D eigenvalue weighted by atomic mass is 10.2. The van der Waals surface area contributed by atoms with Crippen LogP contribution >= 0.6 is 0 Å². The summed E-state index contributed by atoms with van der Waals surface area (Å²) in [7, 11) is 0. The standard InChI is InChI=1S/C23H28N4O/c1-5-28-21-14-10-9-13-20(21)25-23-24-18(4)15-22(26-23)27(17(2)3)16-19-11-7-6-8-12-19/h6-15,17H,5,16H2,1-4H3,(H,24,25,26). The van der Waals surface area contributed by atoms with Crippen molar-refractivity contribution in [1.29, 1.82) is 0 Å². The second-order valence-electron chi connectivity index (χ2n) is 6.95. The van der Waals surface area contributed by atoms with Crippen LogP contribution in [0.3, 0.4) is 0 Å². The van der Waals surface area contributed by atoms with Gasteiger partial charge in [-0.25, -0.2) is 4.98 Å². The van der Waals surface area contributed by atoms with Gasteiger partial charge in [0.15, 0.2) is 0 Å². The minimum absolute atomic E-state index is 0.304. The van der Waals surface area contributed by atoms with Gasteiger partial charge in [-0.2, -0.15) is 4.98 Å². The highest BCUT2D eigenvalue weighted by Crippen LogP contribution is 2.27. The van der Waals surface area contributed by atoms with E-state index in [1.165, 1.54) is 5.56 Å². The third-order valence-corrected chi connectivity index (χ3v) is 4.39. The zero-order chi connectivity index (χ0) is 19.9. The van der Waals surface area contributed by atoms with Crippen molar-refractivity contribution in [2.75, 3.05) is 16.8 Å². The largest absolute Gasteiger partial charge is 0.492 e. The number of ether oxygens (including phenoxy) is 1. The lowest BCUT2D eigenvalue weighted by Crippen LogP contribution is -2.31. The fourth-order valence-corrected chi connectivity index (χ4v) is 3.03. The van der Waals surface area contributed by atoms with Crippen LogP contribution in [-0.4, -0.2) is 22.6 Å². The summed E-state index contributed by atoms with van der Waals surface area (Å²) in [4.78, 5) is 11.7. The van der Waals surface area contributed by atoms with Crippen LogP contribution in [0.25, 0.3) is 0 Å². The first-order valence-corrected chi connectivity index (χ1v) is 9.72. The van der Waals surface area contributed by atoms with Crippen LogP contribution in [0.4, 0.5) is 17.5 Å². The molecule has 146 valence electrons. The molecule has 1 N–H and O–H groups in total. The fourth-order valence-electron chi connectivity index (χ4n) is 3.03. The van der Waals surface area contributed by atoms with Crippen LogP contribution in [0.2, 0.25) is 0 Å². The maximum atomic E-state index is 5.71. The molecule has 28 heavy (non-hydrogen) atoms. The molecule has 5 nitrogen and oxygen atoms in total. The molecule has 0 saturated carbocycles. The van der Waals surface area contributed by atoms with Gasteiger partial charge in [-0.1, -0.05) is 42.5 Å². The van der Waals surface area contributed by atoms with Gasteiger partial charge in [0.25, 0.3) is 0 Å². The molecular formula is C23H28N4O. The van der Waals surface area contributed by atoms with E-state index in [0.717, 1.165) is 29.5 Å². The van der Waals surface area contributed by atoms with E-state index in [0.29, 0.717) is 18.6 Å². The predicted molar refractivity (Wildman–Crippen MR) is 115 cm³/mol. The van der Waals surface area contributed by atoms with Crippen molar-refractivity contribution in [3.63, 3.8) is 0 Å². The molecule has 0 aliphatic rings. The van der Waals surface area contributed by atoms with Crippen molar-refractivity contribution >= 4 is 17.5 Å². The number of benzene rings is 2. The highest BCUT2D eigenvalue weighted by molar-refractivity contribution is 5.63. The Morgan fingerprint density at radius 1 is 1.00 bits per heavy atom. The van der Waals surface area contributed by atoms with Gasteiger partial charge in [0, 0.05) is 24.3 Å². The van der Waals surface area contributed by atoms with E-state index in [1.807, 2.05) is 50.2 Å². The van der Waals surface area contributed by atoms with Gasteiger partial charge in [-0.05, 0) is 45.4 Å². The second-order valence-corrected chi connectivity index (χ2v) is 6.95. The number of hydrogen-bond donors (Lipinski definition) is 1. The molecule has 2 aromatic carbocycles. The van der Waals surface area contributed by atoms with E-state index in [4.69, 9.17) is 9.72 Å². The molecule has 0 spiro atoms. The van der Waals surface area contributed by atoms with Crippen LogP contribution < -0.4 is 15.0 Å². The van der Waals surface area contributed by atoms with Crippen molar-refractivity contribution in [3.05, 3.63) is 71.9 Å². The maximum absolute atomic E-state index is 5.71. The maximum Gasteiger partial charge on any atom is 0.229 e. The number of nitrogens with one attached hydrogen (secondary N) is 1. The van der Waals surface area contributed by atoms with Crippen molar-refractivity contribution in [3.8, 4) is 5.75 Å². The Hall–Kier alpha value is -3.08. The SMILES string of the molecule is CCOc1ccccc1Nc1nc(C)cc(N(Cc2ccccc2)C(C)C)n1. The Morgan fingerprint density at radius 3 is 2.43 bits per heavy atom. The third kappa shape index (κ3) is 5.00. The summed E-state index contributed by atoms with van der Waals surface area (Å²) in [5.74, 6) is 2.27. The number of para-hydroxylation sites is 2. The molecule has 1 heterocycles. The van der Waals surface area contributed by atoms with Crippen molar-refractivity contribution in [1.82, 2.24) is 9.97 Å². The van der Waals surface area contributed by atoms with Gasteiger partial charge in [0.1, 0.15) is 11.6 Å². The van der Waals surface area contributed by atoms with Crippen molar-refractivity contribution in [2.24, 2.45) is 0 Å². The van der Waals surface area contributed by atoms with Crippen LogP contribution in [-0.2, 0) is 6.54 Å². The Kier molecular flexibility index (Phi) is 6.48. The van der Waals surface area contributed by atoms with Crippen LogP contribution in [0.15, 0.2) is 60.7 Å². The van der Waals surface area contributed by atoms with E-state index in [2.05, 4.69) is 53.3 Å². The van der Waals surface area contributed by atoms with Crippen LogP contribution in [0, 0.1) is 6.92 Å². The second kappa shape index (κ2) is 9.22. The molecule has 0 fully saturated rings. The zero-order valence-corrected chi connectivity index (χ0v) is 17.0. The average Bonchev–Trinajstić information content (AvgIpc) is 2.68. The normalized spacial score (nSPS) is 10.8. The smallest absolute Gasteiger partial charge is 0.229 e. The van der Waals surface area contributed by atoms with E-state index in [-0.39, 0.29) is 0 Å². The predicted octanol–water partition coefficient (Wildman–Crippen LogP) is 5.34. The first-order valence-electron chi connectivity index (χ1n) is 9.72. The molecule has 0 radical (unpaired) electrons. The van der Waals surface area contributed by atoms with Gasteiger partial charge < -0.3 is 15.0 Å². The summed E-state index contributed by atoms with van der Waals surface area (Å²) >= 11 is 0. The number of aryl methyl sites for hydroxylation is 1. The van der Waals surface area contributed by atoms with E-state index < -0.39 is 0 Å². The Balaban J connectivity index is 1.89. The molecule has 5 heteroatoms. The van der Waals surface area contributed by atoms with Gasteiger partial charge >= 0.3 is 0 Å². The first-order chi connectivity index (χ1) is 13.6. The Morgan fingerprint density at radius 2 is 1.71 bits per heavy atom. The molecule has 1 aromatic heterocycles. The van der Waals surface area contributed by atoms with Gasteiger partial charge in [0.2, 0.25) is 5.95 Å². The number of rotatable bonds is 8. The highest BCUT2D eigenvalue weighted by Gasteiger charge is 2.15. The third-order valence-electron chi connectivity index (χ3n) is 4.39. The molecule has 0 aliphatic carbocycles. The molecular weight excluding hydrogens is 348 g/mol. The molecule has 0 amide bonds. The monoisotopic (exact) mass is 376 g/mol. The molecule has 0 bridgehead atoms. The summed E-state index contributed by atoms with van der Waals surface area (Å²) < 4.78 is 5.71. The number of hydrogen-bond acceptors (Lipinski definition) is 5. The number of anilines is 3.